The van der Waals surface area contributed by atoms with Crippen molar-refractivity contribution in [2.75, 3.05) is 25.9 Å². The second kappa shape index (κ2) is 5.66. The van der Waals surface area contributed by atoms with Crippen LogP contribution in [0.4, 0.5) is 0 Å². The number of piperidine rings is 1. The predicted octanol–water partition coefficient (Wildman–Crippen LogP) is 1.47. The Hall–Kier alpha value is -0.980. The molecule has 0 radical (unpaired) electrons. The molecule has 0 saturated carbocycles. The Labute approximate surface area is 127 Å². The summed E-state index contributed by atoms with van der Waals surface area (Å²) in [5.74, 6) is 0. The van der Waals surface area contributed by atoms with Crippen LogP contribution in [0.25, 0.3) is 0 Å². The van der Waals surface area contributed by atoms with Gasteiger partial charge in [-0.05, 0) is 44.4 Å². The van der Waals surface area contributed by atoms with Gasteiger partial charge < -0.3 is 0 Å². The van der Waals surface area contributed by atoms with E-state index in [1.807, 2.05) is 24.4 Å². The average molecular weight is 309 g/mol. The summed E-state index contributed by atoms with van der Waals surface area (Å²) in [7, 11) is -3.12. The molecule has 3 rings (SSSR count). The zero-order valence-electron chi connectivity index (χ0n) is 12.5. The molecule has 0 bridgehead atoms. The molecule has 0 aromatic carbocycles. The van der Waals surface area contributed by atoms with Gasteiger partial charge in [0.05, 0.1) is 11.9 Å². The van der Waals surface area contributed by atoms with Crippen molar-refractivity contribution in [1.29, 1.82) is 0 Å². The van der Waals surface area contributed by atoms with Gasteiger partial charge in [0.25, 0.3) is 0 Å². The summed E-state index contributed by atoms with van der Waals surface area (Å²) < 4.78 is 25.9. The maximum atomic E-state index is 12.1. The topological polar surface area (TPSA) is 53.5 Å². The molecule has 2 fully saturated rings. The van der Waals surface area contributed by atoms with Crippen LogP contribution in [0, 0.1) is 0 Å². The van der Waals surface area contributed by atoms with Crippen LogP contribution in [-0.4, -0.2) is 54.0 Å². The van der Waals surface area contributed by atoms with Crippen LogP contribution in [0.1, 0.15) is 31.4 Å². The number of pyridine rings is 1. The third-order valence-electron chi connectivity index (χ3n) is 4.68. The van der Waals surface area contributed by atoms with Gasteiger partial charge in [-0.3, -0.25) is 9.88 Å². The fourth-order valence-corrected chi connectivity index (χ4v) is 5.31. The SMILES string of the molecule is CS(=O)(=O)N1CCC[C@@]12CCCN(Cc1ccccn1)C2. The monoisotopic (exact) mass is 309 g/mol. The Balaban J connectivity index is 1.76. The van der Waals surface area contributed by atoms with E-state index in [4.69, 9.17) is 0 Å². The Morgan fingerprint density at radius 1 is 1.24 bits per heavy atom. The quantitative estimate of drug-likeness (QED) is 0.848. The number of rotatable bonds is 3. The zero-order chi connectivity index (χ0) is 14.9. The van der Waals surface area contributed by atoms with Gasteiger partial charge >= 0.3 is 0 Å². The Morgan fingerprint density at radius 2 is 2.00 bits per heavy atom. The van der Waals surface area contributed by atoms with E-state index < -0.39 is 10.0 Å². The third-order valence-corrected chi connectivity index (χ3v) is 6.05. The van der Waals surface area contributed by atoms with E-state index in [1.165, 1.54) is 6.26 Å². The first-order valence-corrected chi connectivity index (χ1v) is 9.45. The summed E-state index contributed by atoms with van der Waals surface area (Å²) in [5.41, 5.74) is 0.874. The standard InChI is InChI=1S/C15H23N3O2S/c1-21(19,20)18-11-5-8-15(18)7-4-10-17(13-15)12-14-6-2-3-9-16-14/h2-3,6,9H,4-5,7-8,10-13H2,1H3/t15-/m1/s1. The highest BCUT2D eigenvalue weighted by molar-refractivity contribution is 7.88. The van der Waals surface area contributed by atoms with Crippen LogP contribution in [0.3, 0.4) is 0 Å². The van der Waals surface area contributed by atoms with Crippen LogP contribution >= 0.6 is 0 Å². The predicted molar refractivity (Wildman–Crippen MR) is 82.3 cm³/mol. The first-order valence-electron chi connectivity index (χ1n) is 7.60. The molecule has 1 atom stereocenters. The molecule has 6 heteroatoms. The van der Waals surface area contributed by atoms with Crippen molar-refractivity contribution in [2.24, 2.45) is 0 Å². The van der Waals surface area contributed by atoms with Crippen LogP contribution in [0.15, 0.2) is 24.4 Å². The molecule has 0 N–H and O–H groups in total. The number of sulfonamides is 1. The van der Waals surface area contributed by atoms with Gasteiger partial charge in [0.15, 0.2) is 0 Å². The first-order chi connectivity index (χ1) is 10.00. The molecule has 2 saturated heterocycles. The van der Waals surface area contributed by atoms with Crippen LogP contribution in [-0.2, 0) is 16.6 Å². The highest BCUT2D eigenvalue weighted by atomic mass is 32.2. The lowest BCUT2D eigenvalue weighted by molar-refractivity contribution is 0.0833. The molecule has 116 valence electrons. The second-order valence-electron chi connectivity index (χ2n) is 6.30. The van der Waals surface area contributed by atoms with Gasteiger partial charge in [-0.1, -0.05) is 6.07 Å². The number of aromatic nitrogens is 1. The lowest BCUT2D eigenvalue weighted by atomic mass is 9.87. The zero-order valence-corrected chi connectivity index (χ0v) is 13.3. The minimum atomic E-state index is -3.12. The van der Waals surface area contributed by atoms with Gasteiger partial charge in [0, 0.05) is 31.4 Å². The summed E-state index contributed by atoms with van der Waals surface area (Å²) in [6, 6.07) is 5.95. The van der Waals surface area contributed by atoms with Crippen molar-refractivity contribution in [3.8, 4) is 0 Å². The van der Waals surface area contributed by atoms with E-state index in [0.717, 1.165) is 51.0 Å². The molecular weight excluding hydrogens is 286 g/mol. The van der Waals surface area contributed by atoms with Crippen molar-refractivity contribution in [2.45, 2.75) is 37.8 Å². The molecule has 1 aromatic rings. The molecule has 0 unspecified atom stereocenters. The molecule has 1 spiro atoms. The molecule has 5 nitrogen and oxygen atoms in total. The van der Waals surface area contributed by atoms with E-state index in [1.54, 1.807) is 4.31 Å². The normalized spacial score (nSPS) is 28.2. The van der Waals surface area contributed by atoms with Crippen molar-refractivity contribution in [3.05, 3.63) is 30.1 Å². The van der Waals surface area contributed by atoms with E-state index in [0.29, 0.717) is 6.54 Å². The Morgan fingerprint density at radius 3 is 2.67 bits per heavy atom. The highest BCUT2D eigenvalue weighted by Crippen LogP contribution is 2.39. The molecule has 0 amide bonds. The molecule has 3 heterocycles. The van der Waals surface area contributed by atoms with Gasteiger partial charge in [0.2, 0.25) is 10.0 Å². The fraction of sp³-hybridized carbons (Fsp3) is 0.667. The minimum absolute atomic E-state index is 0.180. The van der Waals surface area contributed by atoms with Gasteiger partial charge in [-0.2, -0.15) is 4.31 Å². The van der Waals surface area contributed by atoms with E-state index in [-0.39, 0.29) is 5.54 Å². The van der Waals surface area contributed by atoms with Crippen LogP contribution < -0.4 is 0 Å². The lowest BCUT2D eigenvalue weighted by Gasteiger charge is -2.44. The maximum Gasteiger partial charge on any atom is 0.211 e. The van der Waals surface area contributed by atoms with Gasteiger partial charge in [-0.25, -0.2) is 8.42 Å². The summed E-state index contributed by atoms with van der Waals surface area (Å²) in [6.45, 7) is 3.34. The average Bonchev–Trinajstić information content (AvgIpc) is 2.83. The molecule has 2 aliphatic heterocycles. The maximum absolute atomic E-state index is 12.1. The fourth-order valence-electron chi connectivity index (χ4n) is 3.90. The largest absolute Gasteiger partial charge is 0.296 e. The smallest absolute Gasteiger partial charge is 0.211 e. The summed E-state index contributed by atoms with van der Waals surface area (Å²) in [4.78, 5) is 6.74. The molecule has 2 aliphatic rings. The van der Waals surface area contributed by atoms with E-state index in [2.05, 4.69) is 9.88 Å². The lowest BCUT2D eigenvalue weighted by Crippen LogP contribution is -2.56. The Kier molecular flexibility index (Phi) is 4.03. The minimum Gasteiger partial charge on any atom is -0.296 e. The van der Waals surface area contributed by atoms with Crippen molar-refractivity contribution in [3.63, 3.8) is 0 Å². The Bertz CT molecular complexity index is 590. The number of hydrogen-bond acceptors (Lipinski definition) is 4. The highest BCUT2D eigenvalue weighted by Gasteiger charge is 2.47. The number of hydrogen-bond donors (Lipinski definition) is 0. The summed E-state index contributed by atoms with van der Waals surface area (Å²) in [6.07, 6.45) is 7.16. The van der Waals surface area contributed by atoms with Crippen molar-refractivity contribution in [1.82, 2.24) is 14.2 Å². The molecular formula is C15H23N3O2S. The molecule has 21 heavy (non-hydrogen) atoms. The van der Waals surface area contributed by atoms with Gasteiger partial charge in [-0.15, -0.1) is 0 Å². The van der Waals surface area contributed by atoms with E-state index >= 15 is 0 Å². The van der Waals surface area contributed by atoms with Crippen molar-refractivity contribution >= 4 is 10.0 Å². The van der Waals surface area contributed by atoms with Crippen LogP contribution in [0.5, 0.6) is 0 Å². The number of likely N-dealkylation sites (tertiary alicyclic amines) is 1. The second-order valence-corrected chi connectivity index (χ2v) is 8.21. The summed E-state index contributed by atoms with van der Waals surface area (Å²) >= 11 is 0. The first kappa shape index (κ1) is 14.9. The van der Waals surface area contributed by atoms with Crippen molar-refractivity contribution < 1.29 is 8.42 Å². The summed E-state index contributed by atoms with van der Waals surface area (Å²) in [5, 5.41) is 0. The van der Waals surface area contributed by atoms with E-state index in [9.17, 15) is 8.42 Å². The van der Waals surface area contributed by atoms with Gasteiger partial charge in [0.1, 0.15) is 0 Å². The third kappa shape index (κ3) is 3.12. The number of nitrogens with zero attached hydrogens (tertiary/aromatic N) is 3. The molecule has 0 aliphatic carbocycles. The van der Waals surface area contributed by atoms with Crippen LogP contribution in [0.2, 0.25) is 0 Å². The molecule has 1 aromatic heterocycles.